The van der Waals surface area contributed by atoms with E-state index < -0.39 is 23.4 Å². The second-order valence-electron chi connectivity index (χ2n) is 6.28. The van der Waals surface area contributed by atoms with E-state index in [1.165, 1.54) is 24.3 Å². The van der Waals surface area contributed by atoms with Gasteiger partial charge in [-0.3, -0.25) is 19.7 Å². The molecule has 0 heterocycles. The Hall–Kier alpha value is -4.04. The van der Waals surface area contributed by atoms with Crippen LogP contribution in [-0.4, -0.2) is 29.2 Å². The number of hydrogen-bond acceptors (Lipinski definition) is 6. The molecule has 0 spiro atoms. The summed E-state index contributed by atoms with van der Waals surface area (Å²) in [6, 6.07) is 18.2. The lowest BCUT2D eigenvalue weighted by atomic mass is 9.98. The fourth-order valence-electron chi connectivity index (χ4n) is 2.77. The smallest absolute Gasteiger partial charge is 0.339 e. The molecular weight excluding hydrogens is 424 g/mol. The number of amides is 1. The molecule has 8 nitrogen and oxygen atoms in total. The minimum absolute atomic E-state index is 0.00195. The van der Waals surface area contributed by atoms with Gasteiger partial charge in [0.05, 0.1) is 10.5 Å². The van der Waals surface area contributed by atoms with Gasteiger partial charge in [0.1, 0.15) is 5.69 Å². The summed E-state index contributed by atoms with van der Waals surface area (Å²) >= 11 is 5.82. The van der Waals surface area contributed by atoms with Gasteiger partial charge >= 0.3 is 5.97 Å². The molecule has 1 N–H and O–H groups in total. The molecule has 0 aromatic heterocycles. The molecule has 9 heteroatoms. The molecular formula is C22H15ClN2O6. The van der Waals surface area contributed by atoms with Crippen LogP contribution in [0.15, 0.2) is 72.8 Å². The number of halogens is 1. The van der Waals surface area contributed by atoms with Crippen molar-refractivity contribution in [2.24, 2.45) is 0 Å². The van der Waals surface area contributed by atoms with Crippen molar-refractivity contribution in [1.82, 2.24) is 0 Å². The highest BCUT2D eigenvalue weighted by Crippen LogP contribution is 2.27. The number of esters is 1. The maximum absolute atomic E-state index is 12.7. The number of rotatable bonds is 7. The van der Waals surface area contributed by atoms with Gasteiger partial charge < -0.3 is 10.1 Å². The number of nitro groups is 1. The van der Waals surface area contributed by atoms with Gasteiger partial charge in [-0.15, -0.1) is 0 Å². The summed E-state index contributed by atoms with van der Waals surface area (Å²) < 4.78 is 5.01. The zero-order valence-electron chi connectivity index (χ0n) is 15.9. The van der Waals surface area contributed by atoms with E-state index in [1.54, 1.807) is 42.5 Å². The lowest BCUT2D eigenvalue weighted by molar-refractivity contribution is -0.383. The summed E-state index contributed by atoms with van der Waals surface area (Å²) in [7, 11) is 0. The highest BCUT2D eigenvalue weighted by molar-refractivity contribution is 6.31. The molecule has 0 saturated heterocycles. The number of anilines is 1. The van der Waals surface area contributed by atoms with Gasteiger partial charge in [-0.1, -0.05) is 60.1 Å². The first-order chi connectivity index (χ1) is 14.9. The second-order valence-corrected chi connectivity index (χ2v) is 6.72. The number of hydrogen-bond donors (Lipinski definition) is 1. The largest absolute Gasteiger partial charge is 0.452 e. The molecule has 0 unspecified atom stereocenters. The summed E-state index contributed by atoms with van der Waals surface area (Å²) in [5.41, 5.74) is 0.0392. The summed E-state index contributed by atoms with van der Waals surface area (Å²) in [4.78, 5) is 47.8. The monoisotopic (exact) mass is 438 g/mol. The predicted molar refractivity (Wildman–Crippen MR) is 113 cm³/mol. The lowest BCUT2D eigenvalue weighted by Gasteiger charge is -2.10. The summed E-state index contributed by atoms with van der Waals surface area (Å²) in [5.74, 6) is -2.05. The molecule has 0 fully saturated rings. The molecule has 31 heavy (non-hydrogen) atoms. The van der Waals surface area contributed by atoms with Gasteiger partial charge in [-0.05, 0) is 18.2 Å². The van der Waals surface area contributed by atoms with Gasteiger partial charge in [0.15, 0.2) is 12.4 Å². The van der Waals surface area contributed by atoms with Crippen LogP contribution in [0.4, 0.5) is 11.4 Å². The summed E-state index contributed by atoms with van der Waals surface area (Å²) in [5, 5.41) is 13.6. The fourth-order valence-corrected chi connectivity index (χ4v) is 2.94. The third kappa shape index (κ3) is 5.31. The van der Waals surface area contributed by atoms with Crippen molar-refractivity contribution in [1.29, 1.82) is 0 Å². The van der Waals surface area contributed by atoms with E-state index in [0.29, 0.717) is 5.56 Å². The van der Waals surface area contributed by atoms with E-state index in [1.807, 2.05) is 0 Å². The third-order valence-corrected chi connectivity index (χ3v) is 4.43. The van der Waals surface area contributed by atoms with Gasteiger partial charge in [0, 0.05) is 22.2 Å². The number of ether oxygens (including phenoxy) is 1. The van der Waals surface area contributed by atoms with E-state index in [9.17, 15) is 24.5 Å². The zero-order chi connectivity index (χ0) is 22.4. The third-order valence-electron chi connectivity index (χ3n) is 4.19. The Labute approximate surface area is 181 Å². The Morgan fingerprint density at radius 3 is 2.26 bits per heavy atom. The molecule has 0 aliphatic heterocycles. The highest BCUT2D eigenvalue weighted by Gasteiger charge is 2.21. The van der Waals surface area contributed by atoms with E-state index in [0.717, 1.165) is 6.07 Å². The van der Waals surface area contributed by atoms with Crippen molar-refractivity contribution in [2.45, 2.75) is 0 Å². The summed E-state index contributed by atoms with van der Waals surface area (Å²) in [6.07, 6.45) is 0. The number of nitrogens with one attached hydrogen (secondary N) is 1. The molecule has 1 amide bonds. The Kier molecular flexibility index (Phi) is 6.74. The van der Waals surface area contributed by atoms with Crippen molar-refractivity contribution < 1.29 is 24.0 Å². The van der Waals surface area contributed by atoms with Crippen LogP contribution in [0.1, 0.15) is 26.3 Å². The van der Waals surface area contributed by atoms with E-state index in [4.69, 9.17) is 16.3 Å². The van der Waals surface area contributed by atoms with Crippen LogP contribution in [0.3, 0.4) is 0 Å². The number of nitrogens with zero attached hydrogens (tertiary/aromatic N) is 1. The standard InChI is InChI=1S/C22H15ClN2O6/c23-15-10-11-19(25(29)30)18(12-15)24-20(26)13-31-22(28)17-9-5-4-8-16(17)21(27)14-6-2-1-3-7-14/h1-12H,13H2,(H,24,26). The molecule has 0 bridgehead atoms. The molecule has 0 saturated carbocycles. The molecule has 0 aliphatic carbocycles. The van der Waals surface area contributed by atoms with E-state index in [-0.39, 0.29) is 33.3 Å². The molecule has 156 valence electrons. The van der Waals surface area contributed by atoms with Gasteiger partial charge in [-0.2, -0.15) is 0 Å². The van der Waals surface area contributed by atoms with Crippen molar-refractivity contribution in [3.8, 4) is 0 Å². The van der Waals surface area contributed by atoms with Crippen molar-refractivity contribution in [3.05, 3.63) is 105 Å². The first kappa shape index (κ1) is 21.7. The van der Waals surface area contributed by atoms with Crippen LogP contribution in [0.2, 0.25) is 5.02 Å². The number of carbonyl (C=O) groups excluding carboxylic acids is 3. The van der Waals surface area contributed by atoms with E-state index >= 15 is 0 Å². The first-order valence-electron chi connectivity index (χ1n) is 8.96. The molecule has 0 atom stereocenters. The highest BCUT2D eigenvalue weighted by atomic mass is 35.5. The Morgan fingerprint density at radius 1 is 0.935 bits per heavy atom. The summed E-state index contributed by atoms with van der Waals surface area (Å²) in [6.45, 7) is -0.712. The van der Waals surface area contributed by atoms with Crippen molar-refractivity contribution >= 4 is 40.6 Å². The number of carbonyl (C=O) groups is 3. The zero-order valence-corrected chi connectivity index (χ0v) is 16.7. The average Bonchev–Trinajstić information content (AvgIpc) is 2.77. The molecule has 0 aliphatic rings. The molecule has 0 radical (unpaired) electrons. The topological polar surface area (TPSA) is 116 Å². The van der Waals surface area contributed by atoms with Crippen LogP contribution in [0, 0.1) is 10.1 Å². The number of ketones is 1. The quantitative estimate of drug-likeness (QED) is 0.255. The predicted octanol–water partition coefficient (Wildman–Crippen LogP) is 4.27. The number of nitro benzene ring substituents is 1. The lowest BCUT2D eigenvalue weighted by Crippen LogP contribution is -2.22. The van der Waals surface area contributed by atoms with Crippen LogP contribution in [0.25, 0.3) is 0 Å². The maximum atomic E-state index is 12.7. The van der Waals surface area contributed by atoms with Crippen molar-refractivity contribution in [3.63, 3.8) is 0 Å². The van der Waals surface area contributed by atoms with Gasteiger partial charge in [-0.25, -0.2) is 4.79 Å². The molecule has 3 aromatic rings. The fraction of sp³-hybridized carbons (Fsp3) is 0.0455. The normalized spacial score (nSPS) is 10.2. The SMILES string of the molecule is O=C(COC(=O)c1ccccc1C(=O)c1ccccc1)Nc1cc(Cl)ccc1[N+](=O)[O-]. The minimum atomic E-state index is -0.879. The Bertz CT molecular complexity index is 1160. The van der Waals surface area contributed by atoms with Crippen LogP contribution in [0.5, 0.6) is 0 Å². The number of benzene rings is 3. The second kappa shape index (κ2) is 9.64. The molecule has 3 aromatic carbocycles. The maximum Gasteiger partial charge on any atom is 0.339 e. The molecule has 3 rings (SSSR count). The van der Waals surface area contributed by atoms with Gasteiger partial charge in [0.2, 0.25) is 0 Å². The van der Waals surface area contributed by atoms with Crippen LogP contribution >= 0.6 is 11.6 Å². The van der Waals surface area contributed by atoms with Crippen molar-refractivity contribution in [2.75, 3.05) is 11.9 Å². The minimum Gasteiger partial charge on any atom is -0.452 e. The van der Waals surface area contributed by atoms with Crippen LogP contribution < -0.4 is 5.32 Å². The Balaban J connectivity index is 1.71. The first-order valence-corrected chi connectivity index (χ1v) is 9.34. The van der Waals surface area contributed by atoms with Crippen LogP contribution in [-0.2, 0) is 9.53 Å². The average molecular weight is 439 g/mol. The Morgan fingerprint density at radius 2 is 1.58 bits per heavy atom. The van der Waals surface area contributed by atoms with Gasteiger partial charge in [0.25, 0.3) is 11.6 Å². The van der Waals surface area contributed by atoms with E-state index in [2.05, 4.69) is 5.32 Å².